The second kappa shape index (κ2) is 6.82. The molecule has 0 saturated heterocycles. The van der Waals surface area contributed by atoms with Crippen LogP contribution < -0.4 is 10.1 Å². The number of ether oxygens (including phenoxy) is 1. The third-order valence-electron chi connectivity index (χ3n) is 5.23. The second-order valence-electron chi connectivity index (χ2n) is 7.83. The Kier molecular flexibility index (Phi) is 4.48. The number of hydrogen-bond donors (Lipinski definition) is 1. The fraction of sp³-hybridized carbons (Fsp3) is 0.364. The van der Waals surface area contributed by atoms with Crippen LogP contribution >= 0.6 is 0 Å². The smallest absolute Gasteiger partial charge is 0.167 e. The molecule has 0 radical (unpaired) electrons. The number of para-hydroxylation sites is 1. The number of carbonyl (C=O) groups is 1. The van der Waals surface area contributed by atoms with Crippen molar-refractivity contribution in [1.29, 1.82) is 0 Å². The maximum atomic E-state index is 13.2. The molecule has 0 fully saturated rings. The average molecular weight is 363 g/mol. The maximum Gasteiger partial charge on any atom is 0.167 e. The number of pyridine rings is 1. The molecule has 3 heterocycles. The minimum atomic E-state index is -0.400. The van der Waals surface area contributed by atoms with Crippen molar-refractivity contribution in [2.75, 3.05) is 13.2 Å². The van der Waals surface area contributed by atoms with E-state index in [2.05, 4.69) is 41.5 Å². The molecule has 1 aliphatic heterocycles. The van der Waals surface area contributed by atoms with Crippen LogP contribution in [0.15, 0.2) is 42.7 Å². The summed E-state index contributed by atoms with van der Waals surface area (Å²) >= 11 is 0. The molecule has 5 nitrogen and oxygen atoms in total. The van der Waals surface area contributed by atoms with Crippen LogP contribution in [0.5, 0.6) is 5.75 Å². The number of benzene rings is 1. The number of Topliss-reactive ketones (excluding diaryl/α,β-unsaturated/α-hetero) is 1. The highest BCUT2D eigenvalue weighted by molar-refractivity contribution is 5.99. The number of aryl methyl sites for hydroxylation is 1. The Hall–Kier alpha value is -2.66. The van der Waals surface area contributed by atoms with E-state index in [0.29, 0.717) is 18.6 Å². The van der Waals surface area contributed by atoms with Gasteiger partial charge in [-0.15, -0.1) is 0 Å². The van der Waals surface area contributed by atoms with Gasteiger partial charge >= 0.3 is 0 Å². The first-order valence-electron chi connectivity index (χ1n) is 9.39. The van der Waals surface area contributed by atoms with Gasteiger partial charge in [0.05, 0.1) is 17.3 Å². The zero-order chi connectivity index (χ0) is 19.0. The molecule has 0 unspecified atom stereocenters. The molecule has 4 rings (SSSR count). The summed E-state index contributed by atoms with van der Waals surface area (Å²) in [5, 5.41) is 3.32. The van der Waals surface area contributed by atoms with Gasteiger partial charge in [0, 0.05) is 36.7 Å². The van der Waals surface area contributed by atoms with Crippen molar-refractivity contribution in [2.24, 2.45) is 0 Å². The lowest BCUT2D eigenvalue weighted by atomic mass is 9.84. The number of fused-ring (bicyclic) bond motifs is 2. The summed E-state index contributed by atoms with van der Waals surface area (Å²) in [7, 11) is 0. The lowest BCUT2D eigenvalue weighted by Gasteiger charge is -2.23. The third-order valence-corrected chi connectivity index (χ3v) is 5.23. The summed E-state index contributed by atoms with van der Waals surface area (Å²) in [4.78, 5) is 17.9. The van der Waals surface area contributed by atoms with E-state index in [1.54, 1.807) is 0 Å². The summed E-state index contributed by atoms with van der Waals surface area (Å²) in [6.45, 7) is 8.31. The number of hydrogen-bond acceptors (Lipinski definition) is 4. The van der Waals surface area contributed by atoms with E-state index in [9.17, 15) is 4.79 Å². The van der Waals surface area contributed by atoms with E-state index in [4.69, 9.17) is 4.74 Å². The van der Waals surface area contributed by atoms with E-state index >= 15 is 0 Å². The molecule has 0 spiro atoms. The van der Waals surface area contributed by atoms with Crippen molar-refractivity contribution in [3.8, 4) is 5.75 Å². The number of ketones is 1. The first-order valence-corrected chi connectivity index (χ1v) is 9.39. The third kappa shape index (κ3) is 3.23. The molecule has 0 saturated carbocycles. The Morgan fingerprint density at radius 3 is 3.00 bits per heavy atom. The molecule has 1 aliphatic rings. The van der Waals surface area contributed by atoms with Crippen LogP contribution in [-0.2, 0) is 12.0 Å². The Balaban J connectivity index is 1.67. The van der Waals surface area contributed by atoms with E-state index < -0.39 is 5.41 Å². The fourth-order valence-electron chi connectivity index (χ4n) is 3.80. The standard InChI is InChI=1S/C22H25N3O2/c1-15-6-5-10-25-18(15)14-24-21(25)22(2,3)12-19(26)17-8-4-7-16-13-23-9-11-27-20(16)17/h4-8,10,14,23H,9,11-13H2,1-3H3. The summed E-state index contributed by atoms with van der Waals surface area (Å²) in [5.41, 5.74) is 3.56. The normalized spacial score (nSPS) is 14.5. The van der Waals surface area contributed by atoms with Crippen molar-refractivity contribution in [3.63, 3.8) is 0 Å². The molecule has 0 amide bonds. The van der Waals surface area contributed by atoms with Crippen molar-refractivity contribution < 1.29 is 9.53 Å². The molecular formula is C22H25N3O2. The van der Waals surface area contributed by atoms with Gasteiger partial charge in [0.25, 0.3) is 0 Å². The number of imidazole rings is 1. The summed E-state index contributed by atoms with van der Waals surface area (Å²) in [6, 6.07) is 9.91. The number of rotatable bonds is 4. The van der Waals surface area contributed by atoms with E-state index in [-0.39, 0.29) is 5.78 Å². The minimum absolute atomic E-state index is 0.0863. The lowest BCUT2D eigenvalue weighted by Crippen LogP contribution is -2.25. The van der Waals surface area contributed by atoms with Crippen LogP contribution in [0.4, 0.5) is 0 Å². The predicted molar refractivity (Wildman–Crippen MR) is 106 cm³/mol. The molecule has 0 atom stereocenters. The van der Waals surface area contributed by atoms with Crippen molar-refractivity contribution in [1.82, 2.24) is 14.7 Å². The number of nitrogens with one attached hydrogen (secondary N) is 1. The monoisotopic (exact) mass is 363 g/mol. The van der Waals surface area contributed by atoms with Gasteiger partial charge in [0.2, 0.25) is 0 Å². The van der Waals surface area contributed by atoms with Crippen LogP contribution in [-0.4, -0.2) is 28.3 Å². The largest absolute Gasteiger partial charge is 0.491 e. The molecule has 0 bridgehead atoms. The number of carbonyl (C=O) groups excluding carboxylic acids is 1. The fourth-order valence-corrected chi connectivity index (χ4v) is 3.80. The minimum Gasteiger partial charge on any atom is -0.491 e. The molecule has 2 aromatic heterocycles. The van der Waals surface area contributed by atoms with Crippen molar-refractivity contribution >= 4 is 11.3 Å². The molecule has 3 aromatic rings. The summed E-state index contributed by atoms with van der Waals surface area (Å²) < 4.78 is 7.98. The summed E-state index contributed by atoms with van der Waals surface area (Å²) in [5.74, 6) is 1.72. The van der Waals surface area contributed by atoms with Gasteiger partial charge in [-0.1, -0.05) is 32.0 Å². The maximum absolute atomic E-state index is 13.2. The predicted octanol–water partition coefficient (Wildman–Crippen LogP) is 3.68. The Morgan fingerprint density at radius 2 is 2.15 bits per heavy atom. The number of aromatic nitrogens is 2. The van der Waals surface area contributed by atoms with Gasteiger partial charge in [0.15, 0.2) is 5.78 Å². The zero-order valence-electron chi connectivity index (χ0n) is 16.1. The Labute approximate surface area is 159 Å². The van der Waals surface area contributed by atoms with E-state index in [0.717, 1.165) is 35.7 Å². The highest BCUT2D eigenvalue weighted by atomic mass is 16.5. The van der Waals surface area contributed by atoms with Gasteiger partial charge in [0.1, 0.15) is 18.2 Å². The van der Waals surface area contributed by atoms with Crippen LogP contribution in [0.3, 0.4) is 0 Å². The molecule has 0 aliphatic carbocycles. The average Bonchev–Trinajstić information content (AvgIpc) is 2.94. The van der Waals surface area contributed by atoms with E-state index in [1.165, 1.54) is 5.56 Å². The quantitative estimate of drug-likeness (QED) is 0.719. The molecule has 140 valence electrons. The molecular weight excluding hydrogens is 338 g/mol. The van der Waals surface area contributed by atoms with Crippen LogP contribution in [0.2, 0.25) is 0 Å². The SMILES string of the molecule is Cc1cccn2c(C(C)(C)CC(=O)c3cccc4c3OCCNC4)ncc12. The van der Waals surface area contributed by atoms with Gasteiger partial charge in [-0.3, -0.25) is 4.79 Å². The highest BCUT2D eigenvalue weighted by Gasteiger charge is 2.31. The molecule has 1 aromatic carbocycles. The highest BCUT2D eigenvalue weighted by Crippen LogP contribution is 2.32. The molecule has 1 N–H and O–H groups in total. The van der Waals surface area contributed by atoms with Gasteiger partial charge in [-0.25, -0.2) is 4.98 Å². The van der Waals surface area contributed by atoms with E-state index in [1.807, 2.05) is 36.7 Å². The van der Waals surface area contributed by atoms with Crippen LogP contribution in [0.1, 0.15) is 47.6 Å². The lowest BCUT2D eigenvalue weighted by molar-refractivity contribution is 0.0952. The summed E-state index contributed by atoms with van der Waals surface area (Å²) in [6.07, 6.45) is 4.27. The number of nitrogens with zero attached hydrogens (tertiary/aromatic N) is 2. The molecule has 27 heavy (non-hydrogen) atoms. The van der Waals surface area contributed by atoms with Crippen LogP contribution in [0.25, 0.3) is 5.52 Å². The Bertz CT molecular complexity index is 1000. The van der Waals surface area contributed by atoms with Gasteiger partial charge in [-0.2, -0.15) is 0 Å². The van der Waals surface area contributed by atoms with Gasteiger partial charge < -0.3 is 14.5 Å². The topological polar surface area (TPSA) is 55.6 Å². The second-order valence-corrected chi connectivity index (χ2v) is 7.83. The zero-order valence-corrected chi connectivity index (χ0v) is 16.1. The molecule has 5 heteroatoms. The van der Waals surface area contributed by atoms with Crippen molar-refractivity contribution in [3.05, 3.63) is 65.2 Å². The first kappa shape index (κ1) is 17.7. The van der Waals surface area contributed by atoms with Gasteiger partial charge in [-0.05, 0) is 24.6 Å². The first-order chi connectivity index (χ1) is 13.0. The van der Waals surface area contributed by atoms with Crippen LogP contribution in [0, 0.1) is 6.92 Å². The van der Waals surface area contributed by atoms with Crippen molar-refractivity contribution in [2.45, 2.75) is 39.2 Å². The Morgan fingerprint density at radius 1 is 1.30 bits per heavy atom.